The highest BCUT2D eigenvalue weighted by Crippen LogP contribution is 2.34. The predicted molar refractivity (Wildman–Crippen MR) is 155 cm³/mol. The molecule has 1 N–H and O–H groups in total. The first-order valence-electron chi connectivity index (χ1n) is 13.1. The summed E-state index contributed by atoms with van der Waals surface area (Å²) in [6.45, 7) is 3.88. The maximum Gasteiger partial charge on any atom is 0.258 e. The van der Waals surface area contributed by atoms with Gasteiger partial charge in [0.1, 0.15) is 17.4 Å². The quantitative estimate of drug-likeness (QED) is 0.280. The molecule has 4 aromatic rings. The fourth-order valence-electron chi connectivity index (χ4n) is 4.77. The van der Waals surface area contributed by atoms with E-state index < -0.39 is 11.7 Å². The lowest BCUT2D eigenvalue weighted by Gasteiger charge is -2.29. The molecule has 0 bridgehead atoms. The Hall–Kier alpha value is -4.08. The highest BCUT2D eigenvalue weighted by molar-refractivity contribution is 6.31. The van der Waals surface area contributed by atoms with Crippen LogP contribution in [0, 0.1) is 5.82 Å². The van der Waals surface area contributed by atoms with Gasteiger partial charge in [-0.1, -0.05) is 18.5 Å². The van der Waals surface area contributed by atoms with Crippen molar-refractivity contribution in [1.82, 2.24) is 19.9 Å². The van der Waals surface area contributed by atoms with E-state index in [0.717, 1.165) is 25.2 Å². The molecule has 40 heavy (non-hydrogen) atoms. The number of hydrogen-bond donors (Lipinski definition) is 1. The first-order valence-corrected chi connectivity index (χ1v) is 13.5. The topological polar surface area (TPSA) is 83.5 Å². The standard InChI is InChI=1S/C30H30ClFN6O2/c1-4-28-33-14-11-25(35-28)22-6-5-13-34-30(22)40-21-8-9-24(32)23(17-21)29(39)36-26-16-19(31)7-10-27(26)38(3)20-12-15-37(2)18-20/h5-11,13-14,16-17,20H,4,12,15,18H2,1-3H3,(H,36,39)/t20-/m1/s1. The Morgan fingerprint density at radius 2 is 2.02 bits per heavy atom. The molecular weight excluding hydrogens is 531 g/mol. The van der Waals surface area contributed by atoms with Gasteiger partial charge in [-0.15, -0.1) is 0 Å². The van der Waals surface area contributed by atoms with Crippen LogP contribution in [0.4, 0.5) is 15.8 Å². The number of carbonyl (C=O) groups excluding carboxylic acids is 1. The van der Waals surface area contributed by atoms with Crippen LogP contribution in [0.25, 0.3) is 11.3 Å². The first-order chi connectivity index (χ1) is 19.3. The summed E-state index contributed by atoms with van der Waals surface area (Å²) in [7, 11) is 4.07. The summed E-state index contributed by atoms with van der Waals surface area (Å²) in [6.07, 6.45) is 4.96. The SMILES string of the molecule is CCc1nccc(-c2cccnc2Oc2ccc(F)c(C(=O)Nc3cc(Cl)ccc3N(C)[C@@H]3CCN(C)C3)c2)n1. The Morgan fingerprint density at radius 3 is 2.80 bits per heavy atom. The van der Waals surface area contributed by atoms with Crippen LogP contribution in [0.15, 0.2) is 67.0 Å². The minimum absolute atomic E-state index is 0.167. The molecule has 1 atom stereocenters. The van der Waals surface area contributed by atoms with Gasteiger partial charge in [0, 0.05) is 43.5 Å². The van der Waals surface area contributed by atoms with E-state index in [4.69, 9.17) is 16.3 Å². The summed E-state index contributed by atoms with van der Waals surface area (Å²) in [5, 5.41) is 3.32. The van der Waals surface area contributed by atoms with Gasteiger partial charge in [0.25, 0.3) is 5.91 Å². The van der Waals surface area contributed by atoms with E-state index in [2.05, 4.69) is 37.1 Å². The van der Waals surface area contributed by atoms with Gasteiger partial charge in [-0.3, -0.25) is 4.79 Å². The molecule has 2 aromatic carbocycles. The molecule has 0 aliphatic carbocycles. The molecule has 10 heteroatoms. The maximum absolute atomic E-state index is 14.9. The number of halogens is 2. The van der Waals surface area contributed by atoms with Crippen LogP contribution < -0.4 is 15.0 Å². The van der Waals surface area contributed by atoms with Crippen LogP contribution in [-0.4, -0.2) is 59.0 Å². The van der Waals surface area contributed by atoms with Gasteiger partial charge in [0.15, 0.2) is 0 Å². The Balaban J connectivity index is 1.40. The minimum atomic E-state index is -0.677. The molecule has 2 aromatic heterocycles. The number of pyridine rings is 1. The Bertz CT molecular complexity index is 1530. The molecule has 8 nitrogen and oxygen atoms in total. The molecule has 0 radical (unpaired) electrons. The second-order valence-corrected chi connectivity index (χ2v) is 10.2. The molecule has 1 amide bonds. The molecule has 1 saturated heterocycles. The molecule has 1 aliphatic heterocycles. The van der Waals surface area contributed by atoms with Crippen LogP contribution in [0.5, 0.6) is 11.6 Å². The second-order valence-electron chi connectivity index (χ2n) is 9.74. The lowest BCUT2D eigenvalue weighted by molar-refractivity contribution is 0.102. The lowest BCUT2D eigenvalue weighted by atomic mass is 10.1. The van der Waals surface area contributed by atoms with Gasteiger partial charge in [-0.2, -0.15) is 0 Å². The molecule has 5 rings (SSSR count). The maximum atomic E-state index is 14.9. The third-order valence-corrected chi connectivity index (χ3v) is 7.20. The average Bonchev–Trinajstić information content (AvgIpc) is 3.40. The van der Waals surface area contributed by atoms with Crippen molar-refractivity contribution in [3.05, 3.63) is 89.2 Å². The van der Waals surface area contributed by atoms with Crippen molar-refractivity contribution >= 4 is 28.9 Å². The Morgan fingerprint density at radius 1 is 1.18 bits per heavy atom. The molecular formula is C30H30ClFN6O2. The van der Waals surface area contributed by atoms with E-state index in [9.17, 15) is 9.18 Å². The summed E-state index contributed by atoms with van der Waals surface area (Å²) in [5.74, 6) is -0.0638. The summed E-state index contributed by atoms with van der Waals surface area (Å²) in [4.78, 5) is 30.9. The number of nitrogens with zero attached hydrogens (tertiary/aromatic N) is 5. The highest BCUT2D eigenvalue weighted by atomic mass is 35.5. The Labute approximate surface area is 237 Å². The van der Waals surface area contributed by atoms with Gasteiger partial charge < -0.3 is 19.9 Å². The molecule has 0 spiro atoms. The van der Waals surface area contributed by atoms with Crippen molar-refractivity contribution in [2.45, 2.75) is 25.8 Å². The van der Waals surface area contributed by atoms with Crippen molar-refractivity contribution in [2.24, 2.45) is 0 Å². The van der Waals surface area contributed by atoms with Gasteiger partial charge in [-0.05, 0) is 74.6 Å². The third kappa shape index (κ3) is 6.05. The fraction of sp³-hybridized carbons (Fsp3) is 0.267. The van der Waals surface area contributed by atoms with Crippen LogP contribution in [0.1, 0.15) is 29.5 Å². The normalized spacial score (nSPS) is 15.2. The number of rotatable bonds is 8. The summed E-state index contributed by atoms with van der Waals surface area (Å²) in [5.41, 5.74) is 2.45. The number of aromatic nitrogens is 3. The van der Waals surface area contributed by atoms with E-state index in [-0.39, 0.29) is 23.2 Å². The zero-order valence-electron chi connectivity index (χ0n) is 22.6. The number of carbonyl (C=O) groups is 1. The summed E-state index contributed by atoms with van der Waals surface area (Å²) < 4.78 is 21.0. The smallest absolute Gasteiger partial charge is 0.258 e. The molecule has 1 fully saturated rings. The van der Waals surface area contributed by atoms with Gasteiger partial charge in [0.05, 0.1) is 28.2 Å². The fourth-order valence-corrected chi connectivity index (χ4v) is 4.94. The van der Waals surface area contributed by atoms with Crippen molar-refractivity contribution < 1.29 is 13.9 Å². The van der Waals surface area contributed by atoms with Crippen LogP contribution in [0.3, 0.4) is 0 Å². The van der Waals surface area contributed by atoms with Crippen molar-refractivity contribution in [1.29, 1.82) is 0 Å². The summed E-state index contributed by atoms with van der Waals surface area (Å²) >= 11 is 6.28. The minimum Gasteiger partial charge on any atom is -0.438 e. The largest absolute Gasteiger partial charge is 0.438 e. The zero-order chi connectivity index (χ0) is 28.2. The van der Waals surface area contributed by atoms with Gasteiger partial charge in [-0.25, -0.2) is 19.3 Å². The number of ether oxygens (including phenoxy) is 1. The molecule has 3 heterocycles. The van der Waals surface area contributed by atoms with E-state index in [1.54, 1.807) is 36.7 Å². The lowest BCUT2D eigenvalue weighted by Crippen LogP contribution is -2.34. The third-order valence-electron chi connectivity index (χ3n) is 6.97. The first kappa shape index (κ1) is 27.5. The van der Waals surface area contributed by atoms with Crippen molar-refractivity contribution in [2.75, 3.05) is 37.4 Å². The van der Waals surface area contributed by atoms with Crippen molar-refractivity contribution in [3.63, 3.8) is 0 Å². The summed E-state index contributed by atoms with van der Waals surface area (Å²) in [6, 6.07) is 15.0. The van der Waals surface area contributed by atoms with E-state index in [1.807, 2.05) is 26.1 Å². The number of anilines is 2. The van der Waals surface area contributed by atoms with E-state index in [0.29, 0.717) is 34.2 Å². The van der Waals surface area contributed by atoms with E-state index in [1.165, 1.54) is 18.2 Å². The van der Waals surface area contributed by atoms with E-state index >= 15 is 0 Å². The molecule has 0 unspecified atom stereocenters. The van der Waals surface area contributed by atoms with Gasteiger partial charge in [0.2, 0.25) is 5.88 Å². The number of nitrogens with one attached hydrogen (secondary N) is 1. The Kier molecular flexibility index (Phi) is 8.23. The molecule has 206 valence electrons. The number of hydrogen-bond acceptors (Lipinski definition) is 7. The molecule has 1 aliphatic rings. The highest BCUT2D eigenvalue weighted by Gasteiger charge is 2.26. The number of amides is 1. The van der Waals surface area contributed by atoms with Gasteiger partial charge >= 0.3 is 0 Å². The number of likely N-dealkylation sites (tertiary alicyclic amines) is 1. The average molecular weight is 561 g/mol. The number of aryl methyl sites for hydroxylation is 1. The second kappa shape index (κ2) is 12.0. The number of benzene rings is 2. The predicted octanol–water partition coefficient (Wildman–Crippen LogP) is 6.08. The zero-order valence-corrected chi connectivity index (χ0v) is 23.3. The van der Waals surface area contributed by atoms with Crippen LogP contribution >= 0.6 is 11.6 Å². The van der Waals surface area contributed by atoms with Crippen molar-refractivity contribution in [3.8, 4) is 22.9 Å². The molecule has 0 saturated carbocycles. The number of likely N-dealkylation sites (N-methyl/N-ethyl adjacent to an activating group) is 2. The van der Waals surface area contributed by atoms with Crippen LogP contribution in [-0.2, 0) is 6.42 Å². The van der Waals surface area contributed by atoms with Crippen LogP contribution in [0.2, 0.25) is 5.02 Å². The monoisotopic (exact) mass is 560 g/mol.